The molecule has 0 spiro atoms. The number of hydrogen-bond acceptors (Lipinski definition) is 3. The second-order valence-electron chi connectivity index (χ2n) is 2.54. The molecule has 0 aromatic carbocycles. The fraction of sp³-hybridized carbons (Fsp3) is 0.250. The van der Waals surface area contributed by atoms with Crippen molar-refractivity contribution < 1.29 is 18.4 Å². The van der Waals surface area contributed by atoms with E-state index in [-0.39, 0.29) is 12.1 Å². The minimum absolute atomic E-state index is 0.0699. The number of pyridine rings is 1. The van der Waals surface area contributed by atoms with Crippen molar-refractivity contribution in [2.75, 3.05) is 0 Å². The standard InChI is InChI=1S/C8H7F3N2O/c9-8(10,11)6-1-3-12-7(5-6)2-4-13-14/h1,3-5,14H,2H2. The topological polar surface area (TPSA) is 45.5 Å². The molecule has 14 heavy (non-hydrogen) atoms. The van der Waals surface area contributed by atoms with Gasteiger partial charge in [0, 0.05) is 24.5 Å². The van der Waals surface area contributed by atoms with E-state index in [0.717, 1.165) is 24.5 Å². The molecule has 76 valence electrons. The van der Waals surface area contributed by atoms with Crippen LogP contribution in [0.5, 0.6) is 0 Å². The summed E-state index contributed by atoms with van der Waals surface area (Å²) < 4.78 is 36.5. The number of nitrogens with zero attached hydrogens (tertiary/aromatic N) is 2. The Bertz CT molecular complexity index is 336. The lowest BCUT2D eigenvalue weighted by atomic mass is 10.2. The lowest BCUT2D eigenvalue weighted by Crippen LogP contribution is -2.06. The van der Waals surface area contributed by atoms with Gasteiger partial charge in [-0.1, -0.05) is 0 Å². The third kappa shape index (κ3) is 2.72. The predicted molar refractivity (Wildman–Crippen MR) is 43.2 cm³/mol. The minimum Gasteiger partial charge on any atom is -0.411 e. The maximum Gasteiger partial charge on any atom is 0.416 e. The molecular formula is C8H7F3N2O. The summed E-state index contributed by atoms with van der Waals surface area (Å²) in [5.74, 6) is 0. The maximum absolute atomic E-state index is 12.2. The van der Waals surface area contributed by atoms with E-state index in [4.69, 9.17) is 5.21 Å². The first-order valence-corrected chi connectivity index (χ1v) is 3.72. The van der Waals surface area contributed by atoms with Crippen LogP contribution in [0.3, 0.4) is 0 Å². The summed E-state index contributed by atoms with van der Waals surface area (Å²) in [6, 6.07) is 1.81. The van der Waals surface area contributed by atoms with Crippen LogP contribution in [0.4, 0.5) is 13.2 Å². The quantitative estimate of drug-likeness (QED) is 0.455. The first-order valence-electron chi connectivity index (χ1n) is 3.72. The van der Waals surface area contributed by atoms with Crippen molar-refractivity contribution in [3.8, 4) is 0 Å². The molecule has 1 aromatic rings. The van der Waals surface area contributed by atoms with Gasteiger partial charge in [0.15, 0.2) is 0 Å². The van der Waals surface area contributed by atoms with Gasteiger partial charge in [-0.05, 0) is 12.1 Å². The van der Waals surface area contributed by atoms with E-state index in [9.17, 15) is 13.2 Å². The summed E-state index contributed by atoms with van der Waals surface area (Å²) in [5.41, 5.74) is -0.550. The number of halogens is 3. The van der Waals surface area contributed by atoms with Gasteiger partial charge >= 0.3 is 6.18 Å². The Balaban J connectivity index is 2.90. The number of rotatable bonds is 2. The smallest absolute Gasteiger partial charge is 0.411 e. The number of hydrogen-bond donors (Lipinski definition) is 1. The Morgan fingerprint density at radius 1 is 1.50 bits per heavy atom. The molecule has 0 saturated heterocycles. The van der Waals surface area contributed by atoms with E-state index in [1.807, 2.05) is 0 Å². The average Bonchev–Trinajstić information content (AvgIpc) is 2.14. The molecule has 1 rings (SSSR count). The van der Waals surface area contributed by atoms with E-state index in [0.29, 0.717) is 0 Å². The van der Waals surface area contributed by atoms with Gasteiger partial charge in [-0.25, -0.2) is 0 Å². The summed E-state index contributed by atoms with van der Waals surface area (Å²) >= 11 is 0. The molecule has 0 aliphatic rings. The third-order valence-corrected chi connectivity index (χ3v) is 1.53. The van der Waals surface area contributed by atoms with Gasteiger partial charge in [0.2, 0.25) is 0 Å². The molecular weight excluding hydrogens is 197 g/mol. The summed E-state index contributed by atoms with van der Waals surface area (Å²) in [7, 11) is 0. The highest BCUT2D eigenvalue weighted by molar-refractivity contribution is 5.59. The zero-order valence-electron chi connectivity index (χ0n) is 6.99. The monoisotopic (exact) mass is 204 g/mol. The molecule has 0 atom stereocenters. The SMILES string of the molecule is ON=CCc1cc(C(F)(F)F)ccn1. The highest BCUT2D eigenvalue weighted by Crippen LogP contribution is 2.28. The van der Waals surface area contributed by atoms with Crippen molar-refractivity contribution in [2.24, 2.45) is 5.16 Å². The summed E-state index contributed by atoms with van der Waals surface area (Å²) in [6.07, 6.45) is -2.15. The lowest BCUT2D eigenvalue weighted by molar-refractivity contribution is -0.137. The Morgan fingerprint density at radius 2 is 2.21 bits per heavy atom. The van der Waals surface area contributed by atoms with Crippen molar-refractivity contribution in [3.05, 3.63) is 29.6 Å². The Hall–Kier alpha value is -1.59. The second kappa shape index (κ2) is 4.08. The Morgan fingerprint density at radius 3 is 2.79 bits per heavy atom. The van der Waals surface area contributed by atoms with Crippen LogP contribution in [0.1, 0.15) is 11.3 Å². The van der Waals surface area contributed by atoms with Gasteiger partial charge in [-0.2, -0.15) is 13.2 Å². The Labute approximate surface area is 77.9 Å². The zero-order chi connectivity index (χ0) is 10.6. The first kappa shape index (κ1) is 10.5. The predicted octanol–water partition coefficient (Wildman–Crippen LogP) is 2.10. The van der Waals surface area contributed by atoms with Crippen LogP contribution in [-0.2, 0) is 12.6 Å². The molecule has 0 radical (unpaired) electrons. The van der Waals surface area contributed by atoms with Gasteiger partial charge in [-0.15, -0.1) is 5.16 Å². The maximum atomic E-state index is 12.2. The summed E-state index contributed by atoms with van der Waals surface area (Å²) in [4.78, 5) is 3.69. The molecule has 0 saturated carbocycles. The number of alkyl halides is 3. The fourth-order valence-corrected chi connectivity index (χ4v) is 0.900. The number of aromatic nitrogens is 1. The van der Waals surface area contributed by atoms with Crippen molar-refractivity contribution in [3.63, 3.8) is 0 Å². The third-order valence-electron chi connectivity index (χ3n) is 1.53. The molecule has 0 aliphatic heterocycles. The van der Waals surface area contributed by atoms with Crippen LogP contribution in [0.25, 0.3) is 0 Å². The van der Waals surface area contributed by atoms with Crippen LogP contribution in [0.15, 0.2) is 23.5 Å². The van der Waals surface area contributed by atoms with Crippen molar-refractivity contribution in [1.82, 2.24) is 4.98 Å². The highest BCUT2D eigenvalue weighted by Gasteiger charge is 2.30. The highest BCUT2D eigenvalue weighted by atomic mass is 19.4. The van der Waals surface area contributed by atoms with Gasteiger partial charge in [-0.3, -0.25) is 4.98 Å². The lowest BCUT2D eigenvalue weighted by Gasteiger charge is -2.06. The fourth-order valence-electron chi connectivity index (χ4n) is 0.900. The molecule has 0 aliphatic carbocycles. The van der Waals surface area contributed by atoms with E-state index in [1.54, 1.807) is 0 Å². The number of oxime groups is 1. The molecule has 0 amide bonds. The zero-order valence-corrected chi connectivity index (χ0v) is 6.99. The average molecular weight is 204 g/mol. The molecule has 0 fully saturated rings. The van der Waals surface area contributed by atoms with Crippen LogP contribution in [0.2, 0.25) is 0 Å². The van der Waals surface area contributed by atoms with Crippen LogP contribution in [0, 0.1) is 0 Å². The molecule has 0 unspecified atom stereocenters. The molecule has 6 heteroatoms. The normalized spacial score (nSPS) is 12.2. The van der Waals surface area contributed by atoms with E-state index in [2.05, 4.69) is 10.1 Å². The second-order valence-corrected chi connectivity index (χ2v) is 2.54. The molecule has 1 N–H and O–H groups in total. The largest absolute Gasteiger partial charge is 0.416 e. The van der Waals surface area contributed by atoms with Gasteiger partial charge in [0.05, 0.1) is 5.56 Å². The van der Waals surface area contributed by atoms with Gasteiger partial charge in [0.25, 0.3) is 0 Å². The molecule has 0 bridgehead atoms. The van der Waals surface area contributed by atoms with Crippen LogP contribution >= 0.6 is 0 Å². The van der Waals surface area contributed by atoms with Crippen molar-refractivity contribution >= 4 is 6.21 Å². The summed E-state index contributed by atoms with van der Waals surface area (Å²) in [6.45, 7) is 0. The van der Waals surface area contributed by atoms with E-state index in [1.165, 1.54) is 0 Å². The van der Waals surface area contributed by atoms with Crippen molar-refractivity contribution in [2.45, 2.75) is 12.6 Å². The van der Waals surface area contributed by atoms with E-state index < -0.39 is 11.7 Å². The Kier molecular flexibility index (Phi) is 3.06. The molecule has 1 heterocycles. The first-order chi connectivity index (χ1) is 6.54. The molecule has 3 nitrogen and oxygen atoms in total. The van der Waals surface area contributed by atoms with E-state index >= 15 is 0 Å². The minimum atomic E-state index is -4.37. The summed E-state index contributed by atoms with van der Waals surface area (Å²) in [5, 5.41) is 10.8. The van der Waals surface area contributed by atoms with Crippen molar-refractivity contribution in [1.29, 1.82) is 0 Å². The van der Waals surface area contributed by atoms with Crippen LogP contribution < -0.4 is 0 Å². The van der Waals surface area contributed by atoms with Gasteiger partial charge < -0.3 is 5.21 Å². The molecule has 1 aromatic heterocycles. The van der Waals surface area contributed by atoms with Gasteiger partial charge in [0.1, 0.15) is 0 Å². The van der Waals surface area contributed by atoms with Crippen LogP contribution in [-0.4, -0.2) is 16.4 Å².